The zero-order valence-corrected chi connectivity index (χ0v) is 13.8. The Morgan fingerprint density at radius 2 is 1.73 bits per heavy atom. The molecule has 0 aliphatic rings. The Morgan fingerprint density at radius 1 is 0.962 bits per heavy atom. The summed E-state index contributed by atoms with van der Waals surface area (Å²) in [7, 11) is 0. The molecule has 7 nitrogen and oxygen atoms in total. The van der Waals surface area contributed by atoms with Gasteiger partial charge in [0.2, 0.25) is 0 Å². The van der Waals surface area contributed by atoms with Gasteiger partial charge in [-0.1, -0.05) is 24.3 Å². The van der Waals surface area contributed by atoms with Gasteiger partial charge in [-0.05, 0) is 36.4 Å². The predicted molar refractivity (Wildman–Crippen MR) is 95.3 cm³/mol. The number of hydroxylamine groups is 1. The molecule has 7 heteroatoms. The van der Waals surface area contributed by atoms with E-state index in [1.807, 2.05) is 30.3 Å². The molecule has 0 fully saturated rings. The summed E-state index contributed by atoms with van der Waals surface area (Å²) in [5, 5.41) is 12.3. The Balaban J connectivity index is 1.49. The van der Waals surface area contributed by atoms with Crippen LogP contribution in [0.25, 0.3) is 10.9 Å². The van der Waals surface area contributed by atoms with E-state index in [0.29, 0.717) is 23.6 Å². The fraction of sp³-hybridized carbons (Fsp3) is 0.105. The third-order valence-electron chi connectivity index (χ3n) is 3.71. The molecule has 26 heavy (non-hydrogen) atoms. The van der Waals surface area contributed by atoms with Crippen LogP contribution in [0.4, 0.5) is 0 Å². The lowest BCUT2D eigenvalue weighted by atomic mass is 10.2. The van der Waals surface area contributed by atoms with E-state index >= 15 is 0 Å². The molecule has 1 heterocycles. The summed E-state index contributed by atoms with van der Waals surface area (Å²) in [6.07, 6.45) is 0. The average Bonchev–Trinajstić information content (AvgIpc) is 2.70. The van der Waals surface area contributed by atoms with Crippen molar-refractivity contribution in [2.45, 2.75) is 0 Å². The monoisotopic (exact) mass is 351 g/mol. The van der Waals surface area contributed by atoms with Gasteiger partial charge >= 0.3 is 0 Å². The average molecular weight is 351 g/mol. The van der Waals surface area contributed by atoms with Crippen LogP contribution in [0.3, 0.4) is 0 Å². The molecule has 3 rings (SSSR count). The van der Waals surface area contributed by atoms with E-state index in [-0.39, 0.29) is 12.5 Å². The van der Waals surface area contributed by atoms with E-state index in [1.165, 1.54) is 12.1 Å². The number of carbonyl (C=O) groups excluding carboxylic acids is 2. The van der Waals surface area contributed by atoms with Crippen molar-refractivity contribution in [1.82, 2.24) is 15.8 Å². The van der Waals surface area contributed by atoms with Crippen molar-refractivity contribution in [3.63, 3.8) is 0 Å². The molecule has 0 saturated heterocycles. The molecule has 3 aromatic rings. The number of rotatable bonds is 6. The summed E-state index contributed by atoms with van der Waals surface area (Å²) in [5.41, 5.74) is 2.99. The number of benzene rings is 2. The molecule has 0 aliphatic heterocycles. The molecule has 0 atom stereocenters. The summed E-state index contributed by atoms with van der Waals surface area (Å²) in [6, 6.07) is 17.4. The number of hydrogen-bond acceptors (Lipinski definition) is 5. The minimum Gasteiger partial charge on any atom is -0.492 e. The van der Waals surface area contributed by atoms with Crippen LogP contribution in [-0.2, 0) is 0 Å². The highest BCUT2D eigenvalue weighted by molar-refractivity contribution is 5.95. The molecule has 0 spiro atoms. The maximum Gasteiger partial charge on any atom is 0.274 e. The van der Waals surface area contributed by atoms with Gasteiger partial charge in [0, 0.05) is 10.9 Å². The first-order valence-corrected chi connectivity index (χ1v) is 7.98. The number of para-hydroxylation sites is 1. The highest BCUT2D eigenvalue weighted by Crippen LogP contribution is 2.13. The molecule has 2 aromatic carbocycles. The molecule has 0 unspecified atom stereocenters. The Morgan fingerprint density at radius 3 is 2.50 bits per heavy atom. The van der Waals surface area contributed by atoms with Crippen LogP contribution in [0.1, 0.15) is 20.8 Å². The van der Waals surface area contributed by atoms with Crippen molar-refractivity contribution in [1.29, 1.82) is 0 Å². The van der Waals surface area contributed by atoms with Crippen LogP contribution >= 0.6 is 0 Å². The topological polar surface area (TPSA) is 101 Å². The Labute approximate surface area is 149 Å². The lowest BCUT2D eigenvalue weighted by Gasteiger charge is -2.08. The van der Waals surface area contributed by atoms with Crippen molar-refractivity contribution < 1.29 is 19.5 Å². The predicted octanol–water partition coefficient (Wildman–Crippen LogP) is 2.16. The van der Waals surface area contributed by atoms with Crippen molar-refractivity contribution in [3.8, 4) is 5.75 Å². The fourth-order valence-electron chi connectivity index (χ4n) is 2.38. The Bertz CT molecular complexity index is 925. The third kappa shape index (κ3) is 4.14. The van der Waals surface area contributed by atoms with E-state index in [2.05, 4.69) is 10.3 Å². The van der Waals surface area contributed by atoms with E-state index in [9.17, 15) is 9.59 Å². The van der Waals surface area contributed by atoms with Crippen molar-refractivity contribution in [2.24, 2.45) is 0 Å². The number of carbonyl (C=O) groups is 2. The second-order valence-corrected chi connectivity index (χ2v) is 5.46. The molecule has 3 N–H and O–H groups in total. The first-order valence-electron chi connectivity index (χ1n) is 7.98. The standard InChI is InChI=1S/C19H17N3O4/c23-18(22-25)14-5-8-15(9-6-14)26-12-11-20-19(24)17-10-7-13-3-1-2-4-16(13)21-17/h1-10,25H,11-12H2,(H,20,24)(H,22,23). The van der Waals surface area contributed by atoms with Crippen LogP contribution in [0.2, 0.25) is 0 Å². The molecule has 0 aliphatic carbocycles. The smallest absolute Gasteiger partial charge is 0.274 e. The number of pyridine rings is 1. The molecule has 0 bridgehead atoms. The summed E-state index contributed by atoms with van der Waals surface area (Å²) in [6.45, 7) is 0.580. The van der Waals surface area contributed by atoms with E-state index in [1.54, 1.807) is 23.7 Å². The Hall–Kier alpha value is -3.45. The molecule has 132 valence electrons. The number of nitrogens with zero attached hydrogens (tertiary/aromatic N) is 1. The molecular formula is C19H17N3O4. The molecule has 0 radical (unpaired) electrons. The normalized spacial score (nSPS) is 10.3. The lowest BCUT2D eigenvalue weighted by Crippen LogP contribution is -2.28. The lowest BCUT2D eigenvalue weighted by molar-refractivity contribution is 0.0706. The van der Waals surface area contributed by atoms with Crippen molar-refractivity contribution >= 4 is 22.7 Å². The summed E-state index contributed by atoms with van der Waals surface area (Å²) >= 11 is 0. The van der Waals surface area contributed by atoms with Gasteiger partial charge in [-0.25, -0.2) is 10.5 Å². The van der Waals surface area contributed by atoms with Crippen molar-refractivity contribution in [3.05, 3.63) is 71.9 Å². The quantitative estimate of drug-likeness (QED) is 0.359. The zero-order chi connectivity index (χ0) is 18.4. The van der Waals surface area contributed by atoms with Crippen LogP contribution in [-0.4, -0.2) is 35.2 Å². The molecule has 2 amide bonds. The van der Waals surface area contributed by atoms with Crippen LogP contribution in [0.15, 0.2) is 60.7 Å². The Kier molecular flexibility index (Phi) is 5.40. The largest absolute Gasteiger partial charge is 0.492 e. The zero-order valence-electron chi connectivity index (χ0n) is 13.8. The maximum absolute atomic E-state index is 12.2. The molecule has 0 saturated carbocycles. The molecule has 1 aromatic heterocycles. The minimum absolute atomic E-state index is 0.269. The number of aromatic nitrogens is 1. The van der Waals surface area contributed by atoms with Crippen LogP contribution in [0, 0.1) is 0 Å². The number of nitrogens with one attached hydrogen (secondary N) is 2. The number of amides is 2. The third-order valence-corrected chi connectivity index (χ3v) is 3.71. The first-order chi connectivity index (χ1) is 12.7. The summed E-state index contributed by atoms with van der Waals surface area (Å²) < 4.78 is 5.50. The number of ether oxygens (including phenoxy) is 1. The second kappa shape index (κ2) is 8.09. The van der Waals surface area contributed by atoms with Crippen molar-refractivity contribution in [2.75, 3.05) is 13.2 Å². The summed E-state index contributed by atoms with van der Waals surface area (Å²) in [4.78, 5) is 27.7. The van der Waals surface area contributed by atoms with Gasteiger partial charge in [-0.2, -0.15) is 0 Å². The van der Waals surface area contributed by atoms with E-state index in [0.717, 1.165) is 10.9 Å². The van der Waals surface area contributed by atoms with E-state index < -0.39 is 5.91 Å². The second-order valence-electron chi connectivity index (χ2n) is 5.46. The highest BCUT2D eigenvalue weighted by Gasteiger charge is 2.08. The fourth-order valence-corrected chi connectivity index (χ4v) is 2.38. The minimum atomic E-state index is -0.591. The van der Waals surface area contributed by atoms with Gasteiger partial charge < -0.3 is 10.1 Å². The van der Waals surface area contributed by atoms with Gasteiger partial charge in [0.1, 0.15) is 18.1 Å². The maximum atomic E-state index is 12.2. The highest BCUT2D eigenvalue weighted by atomic mass is 16.5. The number of fused-ring (bicyclic) bond motifs is 1. The van der Waals surface area contributed by atoms with Gasteiger partial charge in [0.05, 0.1) is 12.1 Å². The van der Waals surface area contributed by atoms with Gasteiger partial charge in [0.25, 0.3) is 11.8 Å². The van der Waals surface area contributed by atoms with Gasteiger partial charge in [0.15, 0.2) is 0 Å². The first kappa shape index (κ1) is 17.4. The number of hydrogen-bond donors (Lipinski definition) is 3. The van der Waals surface area contributed by atoms with E-state index in [4.69, 9.17) is 9.94 Å². The molecular weight excluding hydrogens is 334 g/mol. The van der Waals surface area contributed by atoms with Crippen LogP contribution in [0.5, 0.6) is 5.75 Å². The van der Waals surface area contributed by atoms with Crippen LogP contribution < -0.4 is 15.5 Å². The van der Waals surface area contributed by atoms with Gasteiger partial charge in [-0.15, -0.1) is 0 Å². The SMILES string of the molecule is O=C(NO)c1ccc(OCCNC(=O)c2ccc3ccccc3n2)cc1. The summed E-state index contributed by atoms with van der Waals surface area (Å²) in [5.74, 6) is -0.307. The van der Waals surface area contributed by atoms with Gasteiger partial charge in [-0.3, -0.25) is 14.8 Å².